The lowest BCUT2D eigenvalue weighted by Crippen LogP contribution is -1.91. The van der Waals surface area contributed by atoms with Crippen LogP contribution in [0.1, 0.15) is 4.88 Å². The number of hydrogen-bond donors (Lipinski definition) is 2. The molecule has 0 unspecified atom stereocenters. The first-order valence-corrected chi connectivity index (χ1v) is 4.33. The Morgan fingerprint density at radius 3 is 2.92 bits per heavy atom. The van der Waals surface area contributed by atoms with Gasteiger partial charge in [0.15, 0.2) is 0 Å². The summed E-state index contributed by atoms with van der Waals surface area (Å²) in [6.07, 6.45) is 0. The van der Waals surface area contributed by atoms with Crippen LogP contribution in [0.2, 0.25) is 0 Å². The Labute approximate surface area is 73.2 Å². The van der Waals surface area contributed by atoms with Gasteiger partial charge in [0, 0.05) is 17.5 Å². The normalized spacial score (nSPS) is 10.8. The smallest absolute Gasteiger partial charge is 0.147 e. The molecule has 5 heteroatoms. The Hall–Kier alpha value is -1.20. The third kappa shape index (κ3) is 1.13. The second-order valence-corrected chi connectivity index (χ2v) is 3.60. The van der Waals surface area contributed by atoms with E-state index in [-0.39, 0.29) is 0 Å². The fourth-order valence-electron chi connectivity index (χ4n) is 1.00. The average molecular weight is 180 g/mol. The molecule has 0 aromatic carbocycles. The molecule has 0 amide bonds. The van der Waals surface area contributed by atoms with Gasteiger partial charge in [-0.15, -0.1) is 21.5 Å². The van der Waals surface area contributed by atoms with Crippen molar-refractivity contribution in [1.29, 1.82) is 0 Å². The van der Waals surface area contributed by atoms with E-state index < -0.39 is 0 Å². The van der Waals surface area contributed by atoms with Crippen LogP contribution in [-0.2, 0) is 6.54 Å². The van der Waals surface area contributed by atoms with Crippen molar-refractivity contribution < 1.29 is 0 Å². The number of thiophene rings is 1. The van der Waals surface area contributed by atoms with Crippen LogP contribution in [0.3, 0.4) is 0 Å². The Morgan fingerprint density at radius 2 is 2.17 bits per heavy atom. The minimum absolute atomic E-state index is 0.452. The lowest BCUT2D eigenvalue weighted by atomic mass is 10.4. The number of nitrogens with zero attached hydrogens (tertiary/aromatic N) is 2. The second-order valence-electron chi connectivity index (χ2n) is 2.44. The number of hydrogen-bond acceptors (Lipinski definition) is 5. The first-order chi connectivity index (χ1) is 5.79. The monoisotopic (exact) mass is 180 g/mol. The summed E-state index contributed by atoms with van der Waals surface area (Å²) < 4.78 is 1.04. The fourth-order valence-corrected chi connectivity index (χ4v) is 1.92. The van der Waals surface area contributed by atoms with Gasteiger partial charge in [-0.05, 0) is 6.07 Å². The maximum absolute atomic E-state index is 5.48. The topological polar surface area (TPSA) is 77.8 Å². The number of rotatable bonds is 1. The van der Waals surface area contributed by atoms with Gasteiger partial charge >= 0.3 is 0 Å². The zero-order chi connectivity index (χ0) is 8.55. The van der Waals surface area contributed by atoms with Gasteiger partial charge in [0.1, 0.15) is 11.3 Å². The SMILES string of the molecule is NCc1cc2nnc(N)cc2s1. The van der Waals surface area contributed by atoms with Gasteiger partial charge in [0.2, 0.25) is 0 Å². The van der Waals surface area contributed by atoms with Crippen LogP contribution in [-0.4, -0.2) is 10.2 Å². The standard InChI is InChI=1S/C7H8N4S/c8-3-4-1-5-6(12-4)2-7(9)11-10-5/h1-2H,3,8H2,(H2,9,11). The van der Waals surface area contributed by atoms with E-state index in [0.29, 0.717) is 12.4 Å². The third-order valence-corrected chi connectivity index (χ3v) is 2.64. The molecule has 2 aromatic rings. The molecule has 0 aliphatic carbocycles. The van der Waals surface area contributed by atoms with E-state index in [9.17, 15) is 0 Å². The van der Waals surface area contributed by atoms with Gasteiger partial charge in [-0.1, -0.05) is 0 Å². The largest absolute Gasteiger partial charge is 0.382 e. The lowest BCUT2D eigenvalue weighted by Gasteiger charge is -1.87. The zero-order valence-corrected chi connectivity index (χ0v) is 7.14. The molecular formula is C7H8N4S. The van der Waals surface area contributed by atoms with Crippen LogP contribution < -0.4 is 11.5 Å². The molecule has 0 aliphatic rings. The van der Waals surface area contributed by atoms with Crippen LogP contribution in [0.15, 0.2) is 12.1 Å². The summed E-state index contributed by atoms with van der Waals surface area (Å²) in [4.78, 5) is 1.10. The van der Waals surface area contributed by atoms with Gasteiger partial charge in [0.05, 0.1) is 4.70 Å². The van der Waals surface area contributed by atoms with E-state index in [1.165, 1.54) is 0 Å². The van der Waals surface area contributed by atoms with E-state index in [4.69, 9.17) is 11.5 Å². The van der Waals surface area contributed by atoms with Crippen LogP contribution in [0.5, 0.6) is 0 Å². The van der Waals surface area contributed by atoms with Crippen LogP contribution in [0, 0.1) is 0 Å². The first-order valence-electron chi connectivity index (χ1n) is 3.51. The highest BCUT2D eigenvalue weighted by Gasteiger charge is 2.01. The molecule has 0 fully saturated rings. The summed E-state index contributed by atoms with van der Waals surface area (Å²) in [7, 11) is 0. The minimum Gasteiger partial charge on any atom is -0.382 e. The molecule has 0 saturated heterocycles. The van der Waals surface area contributed by atoms with Gasteiger partial charge in [0.25, 0.3) is 0 Å². The van der Waals surface area contributed by atoms with E-state index in [2.05, 4.69) is 10.2 Å². The maximum atomic E-state index is 5.48. The predicted molar refractivity (Wildman–Crippen MR) is 49.7 cm³/mol. The molecule has 0 radical (unpaired) electrons. The number of nitrogens with two attached hydrogens (primary N) is 2. The number of fused-ring (bicyclic) bond motifs is 1. The molecule has 12 heavy (non-hydrogen) atoms. The van der Waals surface area contributed by atoms with Crippen molar-refractivity contribution >= 4 is 27.4 Å². The molecule has 62 valence electrons. The molecule has 4 N–H and O–H groups in total. The fraction of sp³-hybridized carbons (Fsp3) is 0.143. The summed E-state index contributed by atoms with van der Waals surface area (Å²) in [5.74, 6) is 0.452. The van der Waals surface area contributed by atoms with E-state index >= 15 is 0 Å². The molecule has 4 nitrogen and oxygen atoms in total. The predicted octanol–water partition coefficient (Wildman–Crippen LogP) is 0.732. The van der Waals surface area contributed by atoms with Crippen LogP contribution in [0.4, 0.5) is 5.82 Å². The lowest BCUT2D eigenvalue weighted by molar-refractivity contribution is 1.08. The number of aromatic nitrogens is 2. The quantitative estimate of drug-likeness (QED) is 0.678. The van der Waals surface area contributed by atoms with Crippen LogP contribution >= 0.6 is 11.3 Å². The summed E-state index contributed by atoms with van der Waals surface area (Å²) in [5.41, 5.74) is 11.8. The van der Waals surface area contributed by atoms with Crippen molar-refractivity contribution in [2.75, 3.05) is 5.73 Å². The van der Waals surface area contributed by atoms with Gasteiger partial charge < -0.3 is 11.5 Å². The summed E-state index contributed by atoms with van der Waals surface area (Å²) in [6.45, 7) is 0.543. The molecule has 0 aliphatic heterocycles. The minimum atomic E-state index is 0.452. The first kappa shape index (κ1) is 7.45. The molecule has 0 bridgehead atoms. The Balaban J connectivity index is 2.67. The third-order valence-electron chi connectivity index (χ3n) is 1.54. The van der Waals surface area contributed by atoms with Crippen molar-refractivity contribution in [2.45, 2.75) is 6.54 Å². The molecule has 0 spiro atoms. The molecule has 0 saturated carbocycles. The maximum Gasteiger partial charge on any atom is 0.147 e. The molecule has 2 aromatic heterocycles. The van der Waals surface area contributed by atoms with Crippen molar-refractivity contribution in [1.82, 2.24) is 10.2 Å². The summed E-state index contributed by atoms with van der Waals surface area (Å²) >= 11 is 1.60. The molecule has 2 heterocycles. The average Bonchev–Trinajstić information content (AvgIpc) is 2.46. The van der Waals surface area contributed by atoms with Crippen molar-refractivity contribution in [3.8, 4) is 0 Å². The molecule has 2 rings (SSSR count). The van der Waals surface area contributed by atoms with Crippen molar-refractivity contribution in [3.05, 3.63) is 17.0 Å². The number of anilines is 1. The van der Waals surface area contributed by atoms with E-state index in [1.807, 2.05) is 12.1 Å². The Kier molecular flexibility index (Phi) is 1.67. The highest BCUT2D eigenvalue weighted by molar-refractivity contribution is 7.19. The summed E-state index contributed by atoms with van der Waals surface area (Å²) in [5, 5.41) is 7.68. The van der Waals surface area contributed by atoms with Gasteiger partial charge in [-0.2, -0.15) is 0 Å². The second kappa shape index (κ2) is 2.69. The Bertz CT molecular complexity index is 409. The van der Waals surface area contributed by atoms with Crippen LogP contribution in [0.25, 0.3) is 10.2 Å². The van der Waals surface area contributed by atoms with E-state index in [0.717, 1.165) is 15.1 Å². The van der Waals surface area contributed by atoms with Crippen molar-refractivity contribution in [3.63, 3.8) is 0 Å². The zero-order valence-electron chi connectivity index (χ0n) is 6.32. The summed E-state index contributed by atoms with van der Waals surface area (Å²) in [6, 6.07) is 3.75. The highest BCUT2D eigenvalue weighted by Crippen LogP contribution is 2.23. The number of nitrogen functional groups attached to an aromatic ring is 1. The Morgan fingerprint density at radius 1 is 1.33 bits per heavy atom. The highest BCUT2D eigenvalue weighted by atomic mass is 32.1. The molecular weight excluding hydrogens is 172 g/mol. The van der Waals surface area contributed by atoms with E-state index in [1.54, 1.807) is 11.3 Å². The molecule has 0 atom stereocenters. The van der Waals surface area contributed by atoms with Gasteiger partial charge in [-0.3, -0.25) is 0 Å². The van der Waals surface area contributed by atoms with Crippen molar-refractivity contribution in [2.24, 2.45) is 5.73 Å². The van der Waals surface area contributed by atoms with Gasteiger partial charge in [-0.25, -0.2) is 0 Å².